The van der Waals surface area contributed by atoms with Gasteiger partial charge in [-0.1, -0.05) is 32.0 Å². The minimum absolute atomic E-state index is 0.142. The van der Waals surface area contributed by atoms with Crippen LogP contribution in [0.15, 0.2) is 30.3 Å². The van der Waals surface area contributed by atoms with Crippen LogP contribution in [0.5, 0.6) is 5.88 Å². The summed E-state index contributed by atoms with van der Waals surface area (Å²) in [5.74, 6) is 1.27. The van der Waals surface area contributed by atoms with Crippen LogP contribution < -0.4 is 10.5 Å². The molecular formula is C20H33N3O3Si. The molecule has 0 amide bonds. The lowest BCUT2D eigenvalue weighted by Gasteiger charge is -2.37. The van der Waals surface area contributed by atoms with E-state index in [-0.39, 0.29) is 11.0 Å². The van der Waals surface area contributed by atoms with Gasteiger partial charge in [0, 0.05) is 13.0 Å². The number of hydrogen-bond donors (Lipinski definition) is 2. The smallest absolute Gasteiger partial charge is 0.238 e. The second-order valence-electron chi connectivity index (χ2n) is 8.34. The molecular weight excluding hydrogens is 358 g/mol. The topological polar surface area (TPSA) is 82.5 Å². The molecule has 0 radical (unpaired) electrons. The summed E-state index contributed by atoms with van der Waals surface area (Å²) in [5, 5.41) is 4.40. The van der Waals surface area contributed by atoms with Gasteiger partial charge in [0.25, 0.3) is 0 Å². The van der Waals surface area contributed by atoms with Crippen molar-refractivity contribution < 1.29 is 14.3 Å². The summed E-state index contributed by atoms with van der Waals surface area (Å²) in [7, 11) is -0.606. The van der Waals surface area contributed by atoms with Crippen molar-refractivity contribution >= 4 is 14.1 Å². The summed E-state index contributed by atoms with van der Waals surface area (Å²) in [6.07, 6.45) is 0.824. The first-order chi connectivity index (χ1) is 12.6. The van der Waals surface area contributed by atoms with Gasteiger partial charge in [-0.05, 0) is 43.6 Å². The molecule has 0 aliphatic rings. The van der Waals surface area contributed by atoms with Crippen LogP contribution in [0.25, 0.3) is 5.69 Å². The van der Waals surface area contributed by atoms with E-state index in [0.29, 0.717) is 24.9 Å². The Morgan fingerprint density at radius 3 is 2.41 bits per heavy atom. The Kier molecular flexibility index (Phi) is 6.72. The van der Waals surface area contributed by atoms with Crippen molar-refractivity contribution in [3.8, 4) is 11.6 Å². The third kappa shape index (κ3) is 5.12. The molecule has 7 heteroatoms. The molecule has 1 aromatic heterocycles. The summed E-state index contributed by atoms with van der Waals surface area (Å²) < 4.78 is 13.1. The molecule has 1 atom stereocenters. The number of nitrogens with two attached hydrogens (primary N) is 1. The van der Waals surface area contributed by atoms with Gasteiger partial charge in [-0.3, -0.25) is 0 Å². The number of para-hydroxylation sites is 1. The second-order valence-corrected chi connectivity index (χ2v) is 12.8. The van der Waals surface area contributed by atoms with Gasteiger partial charge in [-0.25, -0.2) is 4.68 Å². The maximum atomic E-state index is 10.6. The molecule has 1 heterocycles. The van der Waals surface area contributed by atoms with E-state index in [0.717, 1.165) is 17.7 Å². The van der Waals surface area contributed by atoms with Crippen molar-refractivity contribution in [3.05, 3.63) is 35.9 Å². The Bertz CT molecular complexity index is 739. The van der Waals surface area contributed by atoms with Gasteiger partial charge in [-0.15, -0.1) is 5.10 Å². The van der Waals surface area contributed by atoms with Gasteiger partial charge >= 0.3 is 0 Å². The van der Waals surface area contributed by atoms with Gasteiger partial charge in [0.05, 0.1) is 24.5 Å². The number of hydrogen-bond acceptors (Lipinski definition) is 5. The van der Waals surface area contributed by atoms with Crippen LogP contribution in [0.3, 0.4) is 0 Å². The zero-order valence-electron chi connectivity index (χ0n) is 17.3. The highest BCUT2D eigenvalue weighted by atomic mass is 28.4. The van der Waals surface area contributed by atoms with Crippen molar-refractivity contribution in [1.82, 2.24) is 9.78 Å². The van der Waals surface area contributed by atoms with Crippen molar-refractivity contribution in [1.29, 1.82) is 0 Å². The average Bonchev–Trinajstić information content (AvgIpc) is 2.88. The first-order valence-electron chi connectivity index (χ1n) is 9.31. The van der Waals surface area contributed by atoms with Crippen LogP contribution in [0, 0.1) is 12.8 Å². The van der Waals surface area contributed by atoms with Crippen LogP contribution >= 0.6 is 0 Å². The van der Waals surface area contributed by atoms with E-state index < -0.39 is 8.32 Å². The Morgan fingerprint density at radius 1 is 1.22 bits per heavy atom. The SMILES string of the molecule is COC[C@@H](COc1nn(-c2ccccc2)c(N)c1C)CC(C)(C)[Si](C)(C)O. The van der Waals surface area contributed by atoms with E-state index >= 15 is 0 Å². The molecule has 27 heavy (non-hydrogen) atoms. The number of rotatable bonds is 9. The highest BCUT2D eigenvalue weighted by Crippen LogP contribution is 2.41. The van der Waals surface area contributed by atoms with Crippen LogP contribution in [0.1, 0.15) is 25.8 Å². The summed E-state index contributed by atoms with van der Waals surface area (Å²) in [6, 6.07) is 9.76. The van der Waals surface area contributed by atoms with Crippen molar-refractivity contribution in [2.75, 3.05) is 26.1 Å². The Morgan fingerprint density at radius 2 is 1.85 bits per heavy atom. The van der Waals surface area contributed by atoms with E-state index in [2.05, 4.69) is 18.9 Å². The fourth-order valence-electron chi connectivity index (χ4n) is 2.96. The normalized spacial score (nSPS) is 13.6. The number of nitrogens with zero attached hydrogens (tertiary/aromatic N) is 2. The minimum atomic E-state index is -2.30. The molecule has 0 spiro atoms. The Balaban J connectivity index is 2.14. The van der Waals surface area contributed by atoms with Gasteiger partial charge in [0.1, 0.15) is 5.82 Å². The predicted molar refractivity (Wildman–Crippen MR) is 112 cm³/mol. The number of ether oxygens (including phenoxy) is 2. The zero-order chi connectivity index (χ0) is 20.2. The summed E-state index contributed by atoms with van der Waals surface area (Å²) in [5.41, 5.74) is 7.95. The number of benzene rings is 1. The van der Waals surface area contributed by atoms with Crippen LogP contribution in [0.2, 0.25) is 18.1 Å². The fourth-order valence-corrected chi connectivity index (χ4v) is 3.75. The minimum Gasteiger partial charge on any atom is -0.476 e. The molecule has 6 nitrogen and oxygen atoms in total. The van der Waals surface area contributed by atoms with Crippen molar-refractivity contribution in [3.63, 3.8) is 0 Å². The average molecular weight is 392 g/mol. The molecule has 0 aliphatic carbocycles. The maximum Gasteiger partial charge on any atom is 0.238 e. The molecule has 3 N–H and O–H groups in total. The summed E-state index contributed by atoms with van der Waals surface area (Å²) >= 11 is 0. The lowest BCUT2D eigenvalue weighted by molar-refractivity contribution is 0.103. The van der Waals surface area contributed by atoms with Crippen LogP contribution in [-0.2, 0) is 4.74 Å². The Hall–Kier alpha value is -1.83. The van der Waals surface area contributed by atoms with Crippen molar-refractivity contribution in [2.45, 2.75) is 45.3 Å². The number of aromatic nitrogens is 2. The molecule has 0 aliphatic heterocycles. The van der Waals surface area contributed by atoms with Gasteiger partial charge in [0.15, 0.2) is 8.32 Å². The molecule has 150 valence electrons. The van der Waals surface area contributed by atoms with E-state index in [1.807, 2.05) is 50.3 Å². The lowest BCUT2D eigenvalue weighted by Crippen LogP contribution is -2.41. The van der Waals surface area contributed by atoms with Gasteiger partial charge < -0.3 is 20.0 Å². The van der Waals surface area contributed by atoms with E-state index in [1.54, 1.807) is 11.8 Å². The largest absolute Gasteiger partial charge is 0.476 e. The zero-order valence-corrected chi connectivity index (χ0v) is 18.3. The summed E-state index contributed by atoms with van der Waals surface area (Å²) in [6.45, 7) is 11.1. The molecule has 2 rings (SSSR count). The molecule has 0 saturated heterocycles. The van der Waals surface area contributed by atoms with Gasteiger partial charge in [0.2, 0.25) is 5.88 Å². The third-order valence-corrected chi connectivity index (χ3v) is 8.95. The summed E-state index contributed by atoms with van der Waals surface area (Å²) in [4.78, 5) is 10.6. The molecule has 0 fully saturated rings. The third-order valence-electron chi connectivity index (χ3n) is 5.44. The molecule has 0 saturated carbocycles. The van der Waals surface area contributed by atoms with Crippen LogP contribution in [-0.4, -0.2) is 43.2 Å². The maximum absolute atomic E-state index is 10.6. The molecule has 0 bridgehead atoms. The fraction of sp³-hybridized carbons (Fsp3) is 0.550. The lowest BCUT2D eigenvalue weighted by atomic mass is 9.97. The first-order valence-corrected chi connectivity index (χ1v) is 12.3. The number of nitrogen functional groups attached to an aromatic ring is 1. The second kappa shape index (κ2) is 8.46. The van der Waals surface area contributed by atoms with Gasteiger partial charge in [-0.2, -0.15) is 0 Å². The molecule has 2 aromatic rings. The van der Waals surface area contributed by atoms with Crippen LogP contribution in [0.4, 0.5) is 5.82 Å². The van der Waals surface area contributed by atoms with E-state index in [4.69, 9.17) is 15.2 Å². The van der Waals surface area contributed by atoms with E-state index in [1.165, 1.54) is 0 Å². The van der Waals surface area contributed by atoms with E-state index in [9.17, 15) is 4.80 Å². The number of methoxy groups -OCH3 is 1. The number of anilines is 1. The highest BCUT2D eigenvalue weighted by Gasteiger charge is 2.39. The first kappa shape index (κ1) is 21.5. The predicted octanol–water partition coefficient (Wildman–Crippen LogP) is 3.77. The van der Waals surface area contributed by atoms with Crippen molar-refractivity contribution in [2.24, 2.45) is 5.92 Å². The Labute approximate surface area is 163 Å². The standard InChI is InChI=1S/C20H33N3O3Si/c1-15-18(21)23(17-10-8-7-9-11-17)22-19(15)26-14-16(13-25-4)12-20(2,3)27(5,6)24/h7-11,16,24H,12-14,21H2,1-6H3/t16-/m0/s1. The quantitative estimate of drug-likeness (QED) is 0.636. The highest BCUT2D eigenvalue weighted by molar-refractivity contribution is 6.72. The molecule has 0 unspecified atom stereocenters. The molecule has 1 aromatic carbocycles. The monoisotopic (exact) mass is 391 g/mol.